The first kappa shape index (κ1) is 19.1. The van der Waals surface area contributed by atoms with Crippen molar-refractivity contribution in [3.8, 4) is 0 Å². The monoisotopic (exact) mass is 388 g/mol. The van der Waals surface area contributed by atoms with Gasteiger partial charge in [-0.3, -0.25) is 9.78 Å². The molecule has 2 fully saturated rings. The van der Waals surface area contributed by atoms with Crippen LogP contribution < -0.4 is 16.0 Å². The summed E-state index contributed by atoms with van der Waals surface area (Å²) >= 11 is 0. The Hall–Kier alpha value is -2.28. The Morgan fingerprint density at radius 1 is 1.29 bits per heavy atom. The van der Waals surface area contributed by atoms with Gasteiger partial charge in [-0.05, 0) is 55.4 Å². The number of pyridine rings is 1. The molecule has 2 heterocycles. The molecular weight excluding hydrogens is 362 g/mol. The van der Waals surface area contributed by atoms with Gasteiger partial charge in [0.1, 0.15) is 0 Å². The number of piperidine rings is 1. The maximum atomic E-state index is 13.4. The first-order valence-corrected chi connectivity index (χ1v) is 9.90. The Balaban J connectivity index is 1.58. The SMILES string of the molecule is C[C@H]1C[C@@H](NC(=O)C(N)C2CC2)CN(c2ccc(C(F)F)c3ncccc23)C1. The number of alkyl halides is 2. The van der Waals surface area contributed by atoms with E-state index in [9.17, 15) is 13.6 Å². The molecule has 1 amide bonds. The summed E-state index contributed by atoms with van der Waals surface area (Å²) in [6.07, 6.45) is 1.90. The van der Waals surface area contributed by atoms with Crippen LogP contribution in [0.25, 0.3) is 10.9 Å². The smallest absolute Gasteiger partial charge is 0.265 e. The number of fused-ring (bicyclic) bond motifs is 1. The first-order chi connectivity index (χ1) is 13.4. The Labute approximate surface area is 163 Å². The highest BCUT2D eigenvalue weighted by molar-refractivity contribution is 5.94. The van der Waals surface area contributed by atoms with Crippen molar-refractivity contribution in [2.75, 3.05) is 18.0 Å². The molecule has 1 saturated carbocycles. The molecule has 150 valence electrons. The van der Waals surface area contributed by atoms with Crippen LogP contribution in [0.2, 0.25) is 0 Å². The summed E-state index contributed by atoms with van der Waals surface area (Å²) < 4.78 is 26.7. The maximum Gasteiger partial charge on any atom is 0.265 e. The molecule has 0 radical (unpaired) electrons. The predicted octanol–water partition coefficient (Wildman–Crippen LogP) is 3.24. The molecule has 1 aromatic carbocycles. The normalized spacial score (nSPS) is 23.8. The molecule has 1 saturated heterocycles. The summed E-state index contributed by atoms with van der Waals surface area (Å²) in [6, 6.07) is 6.37. The Kier molecular flexibility index (Phi) is 5.19. The fraction of sp³-hybridized carbons (Fsp3) is 0.524. The second kappa shape index (κ2) is 7.62. The Morgan fingerprint density at radius 3 is 2.79 bits per heavy atom. The van der Waals surface area contributed by atoms with E-state index in [1.54, 1.807) is 18.3 Å². The van der Waals surface area contributed by atoms with Gasteiger partial charge in [0.2, 0.25) is 5.91 Å². The zero-order chi connectivity index (χ0) is 19.8. The second-order valence-corrected chi connectivity index (χ2v) is 8.19. The van der Waals surface area contributed by atoms with E-state index in [2.05, 4.69) is 22.1 Å². The second-order valence-electron chi connectivity index (χ2n) is 8.19. The minimum atomic E-state index is -2.57. The van der Waals surface area contributed by atoms with E-state index in [0.29, 0.717) is 29.3 Å². The zero-order valence-corrected chi connectivity index (χ0v) is 15.9. The van der Waals surface area contributed by atoms with Gasteiger partial charge < -0.3 is 16.0 Å². The minimum Gasteiger partial charge on any atom is -0.369 e. The number of nitrogens with two attached hydrogens (primary N) is 1. The number of nitrogens with zero attached hydrogens (tertiary/aromatic N) is 2. The quantitative estimate of drug-likeness (QED) is 0.825. The summed E-state index contributed by atoms with van der Waals surface area (Å²) in [5.41, 5.74) is 7.20. The number of nitrogens with one attached hydrogen (secondary N) is 1. The lowest BCUT2D eigenvalue weighted by molar-refractivity contribution is -0.123. The van der Waals surface area contributed by atoms with E-state index in [4.69, 9.17) is 5.73 Å². The van der Waals surface area contributed by atoms with E-state index < -0.39 is 12.5 Å². The Bertz CT molecular complexity index is 871. The van der Waals surface area contributed by atoms with Crippen molar-refractivity contribution in [2.45, 2.75) is 44.7 Å². The number of halogens is 2. The van der Waals surface area contributed by atoms with Gasteiger partial charge >= 0.3 is 0 Å². The molecule has 2 aliphatic rings. The molecule has 4 rings (SSSR count). The number of rotatable bonds is 5. The Morgan fingerprint density at radius 2 is 2.07 bits per heavy atom. The van der Waals surface area contributed by atoms with Gasteiger partial charge in [-0.15, -0.1) is 0 Å². The topological polar surface area (TPSA) is 71.2 Å². The van der Waals surface area contributed by atoms with Crippen molar-refractivity contribution >= 4 is 22.5 Å². The lowest BCUT2D eigenvalue weighted by Gasteiger charge is -2.39. The number of carbonyl (C=O) groups is 1. The molecule has 3 atom stereocenters. The molecule has 1 unspecified atom stereocenters. The molecule has 1 aromatic heterocycles. The number of carbonyl (C=O) groups excluding carboxylic acids is 1. The standard InChI is InChI=1S/C21H26F2N4O/c1-12-9-14(26-21(28)18(24)13-4-5-13)11-27(10-12)17-7-6-16(20(22)23)19-15(17)3-2-8-25-19/h2-3,6-8,12-14,18,20H,4-5,9-11,24H2,1H3,(H,26,28)/t12-,14+,18?/m0/s1. The molecule has 1 aliphatic heterocycles. The van der Waals surface area contributed by atoms with E-state index in [-0.39, 0.29) is 17.5 Å². The predicted molar refractivity (Wildman–Crippen MR) is 105 cm³/mol. The van der Waals surface area contributed by atoms with Gasteiger partial charge in [0, 0.05) is 42.0 Å². The van der Waals surface area contributed by atoms with Crippen LogP contribution in [0.5, 0.6) is 0 Å². The van der Waals surface area contributed by atoms with Crippen LogP contribution in [0.4, 0.5) is 14.5 Å². The molecule has 0 spiro atoms. The van der Waals surface area contributed by atoms with Crippen LogP contribution in [-0.4, -0.2) is 36.1 Å². The van der Waals surface area contributed by atoms with Crippen molar-refractivity contribution in [3.05, 3.63) is 36.0 Å². The molecule has 28 heavy (non-hydrogen) atoms. The first-order valence-electron chi connectivity index (χ1n) is 9.90. The summed E-state index contributed by atoms with van der Waals surface area (Å²) in [5, 5.41) is 3.82. The van der Waals surface area contributed by atoms with Crippen molar-refractivity contribution in [1.82, 2.24) is 10.3 Å². The van der Waals surface area contributed by atoms with E-state index in [1.165, 1.54) is 6.07 Å². The van der Waals surface area contributed by atoms with Crippen LogP contribution >= 0.6 is 0 Å². The third-order valence-electron chi connectivity index (χ3n) is 5.79. The number of amides is 1. The van der Waals surface area contributed by atoms with Gasteiger partial charge in [0.15, 0.2) is 0 Å². The third-order valence-corrected chi connectivity index (χ3v) is 5.79. The van der Waals surface area contributed by atoms with Crippen LogP contribution in [-0.2, 0) is 4.79 Å². The van der Waals surface area contributed by atoms with Crippen LogP contribution in [0.3, 0.4) is 0 Å². The highest BCUT2D eigenvalue weighted by Crippen LogP contribution is 2.35. The van der Waals surface area contributed by atoms with Gasteiger partial charge in [-0.25, -0.2) is 8.78 Å². The van der Waals surface area contributed by atoms with Gasteiger partial charge in [0.05, 0.1) is 11.6 Å². The number of hydrogen-bond donors (Lipinski definition) is 2. The van der Waals surface area contributed by atoms with Gasteiger partial charge in [-0.2, -0.15) is 0 Å². The van der Waals surface area contributed by atoms with Gasteiger partial charge in [-0.1, -0.05) is 6.92 Å². The van der Waals surface area contributed by atoms with Crippen LogP contribution in [0.15, 0.2) is 30.5 Å². The number of anilines is 1. The average molecular weight is 388 g/mol. The summed E-state index contributed by atoms with van der Waals surface area (Å²) in [6.45, 7) is 3.57. The maximum absolute atomic E-state index is 13.4. The van der Waals surface area contributed by atoms with Crippen molar-refractivity contribution in [2.24, 2.45) is 17.6 Å². The highest BCUT2D eigenvalue weighted by Gasteiger charge is 2.35. The van der Waals surface area contributed by atoms with Crippen LogP contribution in [0, 0.1) is 11.8 Å². The molecule has 7 heteroatoms. The molecule has 2 aromatic rings. The van der Waals surface area contributed by atoms with E-state index in [1.807, 2.05) is 6.07 Å². The van der Waals surface area contributed by atoms with Gasteiger partial charge in [0.25, 0.3) is 6.43 Å². The summed E-state index contributed by atoms with van der Waals surface area (Å²) in [5.74, 6) is 0.591. The fourth-order valence-corrected chi connectivity index (χ4v) is 4.25. The average Bonchev–Trinajstić information content (AvgIpc) is 3.51. The largest absolute Gasteiger partial charge is 0.369 e. The summed E-state index contributed by atoms with van der Waals surface area (Å²) in [7, 11) is 0. The molecule has 3 N–H and O–H groups in total. The van der Waals surface area contributed by atoms with E-state index in [0.717, 1.165) is 31.5 Å². The summed E-state index contributed by atoms with van der Waals surface area (Å²) in [4.78, 5) is 18.8. The molecule has 1 aliphatic carbocycles. The van der Waals surface area contributed by atoms with Crippen molar-refractivity contribution in [1.29, 1.82) is 0 Å². The fourth-order valence-electron chi connectivity index (χ4n) is 4.25. The lowest BCUT2D eigenvalue weighted by atomic mass is 9.94. The molecule has 5 nitrogen and oxygen atoms in total. The highest BCUT2D eigenvalue weighted by atomic mass is 19.3. The van der Waals surface area contributed by atoms with E-state index >= 15 is 0 Å². The third kappa shape index (κ3) is 3.81. The molecule has 0 bridgehead atoms. The minimum absolute atomic E-state index is 0.0115. The number of benzene rings is 1. The molecular formula is C21H26F2N4O. The van der Waals surface area contributed by atoms with Crippen molar-refractivity contribution < 1.29 is 13.6 Å². The van der Waals surface area contributed by atoms with Crippen molar-refractivity contribution in [3.63, 3.8) is 0 Å². The van der Waals surface area contributed by atoms with Crippen LogP contribution in [0.1, 0.15) is 38.2 Å². The number of aromatic nitrogens is 1. The zero-order valence-electron chi connectivity index (χ0n) is 15.9. The lowest BCUT2D eigenvalue weighted by Crippen LogP contribution is -2.54. The number of hydrogen-bond acceptors (Lipinski definition) is 4.